The standard InChI is InChI=1S/C20H22N2O2.ClH/c21-14-15-6-8-18(9-7-15)20(24)22-12-10-17(11-13-22)19(23)16-4-2-1-3-5-16;/h1-9,17H,10-14,21H2;1H. The summed E-state index contributed by atoms with van der Waals surface area (Å²) in [6.07, 6.45) is 1.45. The third-order valence-corrected chi connectivity index (χ3v) is 4.65. The van der Waals surface area contributed by atoms with Gasteiger partial charge in [-0.25, -0.2) is 0 Å². The number of piperidine rings is 1. The van der Waals surface area contributed by atoms with Crippen molar-refractivity contribution in [2.75, 3.05) is 13.1 Å². The molecule has 0 radical (unpaired) electrons. The lowest BCUT2D eigenvalue weighted by Gasteiger charge is -2.31. The van der Waals surface area contributed by atoms with E-state index in [0.717, 1.165) is 24.0 Å². The second-order valence-corrected chi connectivity index (χ2v) is 6.20. The highest BCUT2D eigenvalue weighted by Crippen LogP contribution is 2.23. The van der Waals surface area contributed by atoms with E-state index in [1.807, 2.05) is 59.5 Å². The van der Waals surface area contributed by atoms with Crippen LogP contribution < -0.4 is 5.73 Å². The fraction of sp³-hybridized carbons (Fsp3) is 0.300. The van der Waals surface area contributed by atoms with Crippen LogP contribution in [0.2, 0.25) is 0 Å². The van der Waals surface area contributed by atoms with Crippen molar-refractivity contribution < 1.29 is 9.59 Å². The van der Waals surface area contributed by atoms with Gasteiger partial charge in [0.15, 0.2) is 5.78 Å². The number of likely N-dealkylation sites (tertiary alicyclic amines) is 1. The zero-order chi connectivity index (χ0) is 16.9. The largest absolute Gasteiger partial charge is 0.339 e. The van der Waals surface area contributed by atoms with Gasteiger partial charge in [-0.05, 0) is 30.5 Å². The third kappa shape index (κ3) is 4.47. The van der Waals surface area contributed by atoms with E-state index in [9.17, 15) is 9.59 Å². The molecular weight excluding hydrogens is 336 g/mol. The molecular formula is C20H23ClN2O2. The van der Waals surface area contributed by atoms with Gasteiger partial charge < -0.3 is 10.6 Å². The molecule has 0 spiro atoms. The van der Waals surface area contributed by atoms with Crippen molar-refractivity contribution in [2.45, 2.75) is 19.4 Å². The number of halogens is 1. The number of rotatable bonds is 4. The third-order valence-electron chi connectivity index (χ3n) is 4.65. The number of carbonyl (C=O) groups is 2. The molecule has 0 bridgehead atoms. The molecule has 1 aliphatic rings. The van der Waals surface area contributed by atoms with Gasteiger partial charge >= 0.3 is 0 Å². The van der Waals surface area contributed by atoms with Crippen molar-refractivity contribution in [1.29, 1.82) is 0 Å². The molecule has 4 nitrogen and oxygen atoms in total. The predicted molar refractivity (Wildman–Crippen MR) is 101 cm³/mol. The van der Waals surface area contributed by atoms with E-state index < -0.39 is 0 Å². The van der Waals surface area contributed by atoms with E-state index in [0.29, 0.717) is 25.2 Å². The molecule has 0 saturated carbocycles. The van der Waals surface area contributed by atoms with Crippen LogP contribution >= 0.6 is 12.4 Å². The van der Waals surface area contributed by atoms with Gasteiger partial charge in [0.2, 0.25) is 0 Å². The molecule has 5 heteroatoms. The van der Waals surface area contributed by atoms with Crippen molar-refractivity contribution in [3.05, 3.63) is 71.3 Å². The molecule has 1 amide bonds. The highest BCUT2D eigenvalue weighted by molar-refractivity contribution is 5.98. The summed E-state index contributed by atoms with van der Waals surface area (Å²) in [6, 6.07) is 16.8. The molecule has 0 atom stereocenters. The maximum Gasteiger partial charge on any atom is 0.253 e. The van der Waals surface area contributed by atoms with Crippen LogP contribution in [0.5, 0.6) is 0 Å². The predicted octanol–water partition coefficient (Wildman–Crippen LogP) is 3.30. The molecule has 1 heterocycles. The smallest absolute Gasteiger partial charge is 0.253 e. The molecule has 1 aliphatic heterocycles. The van der Waals surface area contributed by atoms with Crippen LogP contribution in [0.4, 0.5) is 0 Å². The number of carbonyl (C=O) groups excluding carboxylic acids is 2. The minimum Gasteiger partial charge on any atom is -0.339 e. The molecule has 1 fully saturated rings. The summed E-state index contributed by atoms with van der Waals surface area (Å²) >= 11 is 0. The van der Waals surface area contributed by atoms with E-state index in [2.05, 4.69) is 0 Å². The number of hydrogen-bond acceptors (Lipinski definition) is 3. The van der Waals surface area contributed by atoms with Gasteiger partial charge in [-0.2, -0.15) is 0 Å². The van der Waals surface area contributed by atoms with Crippen LogP contribution in [0, 0.1) is 5.92 Å². The minimum absolute atomic E-state index is 0. The fourth-order valence-electron chi connectivity index (χ4n) is 3.15. The van der Waals surface area contributed by atoms with Crippen molar-refractivity contribution >= 4 is 24.1 Å². The van der Waals surface area contributed by atoms with Crippen LogP contribution in [0.25, 0.3) is 0 Å². The molecule has 0 aliphatic carbocycles. The topological polar surface area (TPSA) is 63.4 Å². The first kappa shape index (κ1) is 19.2. The molecule has 0 unspecified atom stereocenters. The van der Waals surface area contributed by atoms with Crippen LogP contribution in [-0.4, -0.2) is 29.7 Å². The van der Waals surface area contributed by atoms with Crippen LogP contribution in [0.15, 0.2) is 54.6 Å². The summed E-state index contributed by atoms with van der Waals surface area (Å²) < 4.78 is 0. The molecule has 0 aromatic heterocycles. The van der Waals surface area contributed by atoms with E-state index in [1.54, 1.807) is 0 Å². The zero-order valence-corrected chi connectivity index (χ0v) is 14.9. The molecule has 2 aromatic rings. The first-order valence-corrected chi connectivity index (χ1v) is 8.36. The number of Topliss-reactive ketones (excluding diaryl/α,β-unsaturated/α-hetero) is 1. The Balaban J connectivity index is 0.00000225. The van der Waals surface area contributed by atoms with Gasteiger partial charge in [-0.3, -0.25) is 9.59 Å². The number of nitrogens with two attached hydrogens (primary N) is 1. The Morgan fingerprint density at radius 2 is 1.52 bits per heavy atom. The monoisotopic (exact) mass is 358 g/mol. The molecule has 132 valence electrons. The Labute approximate surface area is 154 Å². The fourth-order valence-corrected chi connectivity index (χ4v) is 3.15. The second kappa shape index (κ2) is 8.79. The summed E-state index contributed by atoms with van der Waals surface area (Å²) in [5.74, 6) is 0.232. The number of nitrogens with zero attached hydrogens (tertiary/aromatic N) is 1. The van der Waals surface area contributed by atoms with Crippen molar-refractivity contribution in [2.24, 2.45) is 11.7 Å². The summed E-state index contributed by atoms with van der Waals surface area (Å²) in [4.78, 5) is 26.9. The normalized spacial score (nSPS) is 14.7. The lowest BCUT2D eigenvalue weighted by molar-refractivity contribution is 0.0650. The maximum absolute atomic E-state index is 12.6. The summed E-state index contributed by atoms with van der Waals surface area (Å²) in [6.45, 7) is 1.73. The van der Waals surface area contributed by atoms with Crippen LogP contribution in [-0.2, 0) is 6.54 Å². The highest BCUT2D eigenvalue weighted by atomic mass is 35.5. The van der Waals surface area contributed by atoms with E-state index in [1.165, 1.54) is 0 Å². The van der Waals surface area contributed by atoms with Crippen LogP contribution in [0.3, 0.4) is 0 Å². The Bertz CT molecular complexity index is 708. The Morgan fingerprint density at radius 3 is 2.08 bits per heavy atom. The summed E-state index contributed by atoms with van der Waals surface area (Å²) in [7, 11) is 0. The van der Waals surface area contributed by atoms with E-state index >= 15 is 0 Å². The maximum atomic E-state index is 12.6. The van der Waals surface area contributed by atoms with E-state index in [4.69, 9.17) is 5.73 Å². The molecule has 2 aromatic carbocycles. The average Bonchev–Trinajstić information content (AvgIpc) is 2.68. The van der Waals surface area contributed by atoms with Gasteiger partial charge in [0.05, 0.1) is 0 Å². The number of ketones is 1. The summed E-state index contributed by atoms with van der Waals surface area (Å²) in [5, 5.41) is 0. The number of benzene rings is 2. The Morgan fingerprint density at radius 1 is 0.920 bits per heavy atom. The molecule has 1 saturated heterocycles. The van der Waals surface area contributed by atoms with Crippen molar-refractivity contribution in [3.63, 3.8) is 0 Å². The Hall–Kier alpha value is -2.17. The molecule has 3 rings (SSSR count). The van der Waals surface area contributed by atoms with Gasteiger partial charge in [0.25, 0.3) is 5.91 Å². The SMILES string of the molecule is Cl.NCc1ccc(C(=O)N2CCC(C(=O)c3ccccc3)CC2)cc1. The lowest BCUT2D eigenvalue weighted by Crippen LogP contribution is -2.40. The number of amides is 1. The van der Waals surface area contributed by atoms with E-state index in [-0.39, 0.29) is 30.0 Å². The minimum atomic E-state index is 0. The Kier molecular flexibility index (Phi) is 6.73. The first-order chi connectivity index (χ1) is 11.7. The zero-order valence-electron chi connectivity index (χ0n) is 14.1. The second-order valence-electron chi connectivity index (χ2n) is 6.20. The van der Waals surface area contributed by atoms with Gasteiger partial charge in [-0.1, -0.05) is 42.5 Å². The quantitative estimate of drug-likeness (QED) is 0.853. The van der Waals surface area contributed by atoms with Gasteiger partial charge in [0, 0.05) is 36.7 Å². The lowest BCUT2D eigenvalue weighted by atomic mass is 9.88. The van der Waals surface area contributed by atoms with Gasteiger partial charge in [0.1, 0.15) is 0 Å². The summed E-state index contributed by atoms with van der Waals surface area (Å²) in [5.41, 5.74) is 8.04. The highest BCUT2D eigenvalue weighted by Gasteiger charge is 2.28. The first-order valence-electron chi connectivity index (χ1n) is 8.36. The average molecular weight is 359 g/mol. The number of hydrogen-bond donors (Lipinski definition) is 1. The molecule has 25 heavy (non-hydrogen) atoms. The van der Waals surface area contributed by atoms with Crippen LogP contribution in [0.1, 0.15) is 39.1 Å². The van der Waals surface area contributed by atoms with Gasteiger partial charge in [-0.15, -0.1) is 12.4 Å². The molecule has 2 N–H and O–H groups in total. The van der Waals surface area contributed by atoms with Crippen molar-refractivity contribution in [1.82, 2.24) is 4.90 Å². The van der Waals surface area contributed by atoms with Crippen molar-refractivity contribution in [3.8, 4) is 0 Å².